The summed E-state index contributed by atoms with van der Waals surface area (Å²) in [5.74, 6) is 1.08. The molecule has 39 heavy (non-hydrogen) atoms. The first-order valence-electron chi connectivity index (χ1n) is 13.8. The highest BCUT2D eigenvalue weighted by Crippen LogP contribution is 2.42. The quantitative estimate of drug-likeness (QED) is 0.279. The van der Waals surface area contributed by atoms with E-state index in [-0.39, 0.29) is 24.1 Å². The molecule has 1 aromatic heterocycles. The first kappa shape index (κ1) is 27.4. The van der Waals surface area contributed by atoms with E-state index in [0.29, 0.717) is 19.5 Å². The number of benzene rings is 2. The Bertz CT molecular complexity index is 1300. The molecule has 1 fully saturated rings. The number of hydrogen-bond acceptors (Lipinski definition) is 7. The van der Waals surface area contributed by atoms with Gasteiger partial charge in [-0.1, -0.05) is 18.2 Å². The molecule has 3 aromatic rings. The number of aliphatic hydroxyl groups is 2. The maximum Gasteiger partial charge on any atom is 0.317 e. The molecule has 0 bridgehead atoms. The largest absolute Gasteiger partial charge is 0.489 e. The Labute approximate surface area is 234 Å². The van der Waals surface area contributed by atoms with E-state index in [1.807, 2.05) is 38.1 Å². The highest BCUT2D eigenvalue weighted by atomic mass is 32.1. The van der Waals surface area contributed by atoms with Crippen molar-refractivity contribution in [3.05, 3.63) is 53.7 Å². The van der Waals surface area contributed by atoms with Gasteiger partial charge in [0.15, 0.2) is 6.29 Å². The van der Waals surface area contributed by atoms with Gasteiger partial charge in [-0.2, -0.15) is 0 Å². The molecule has 1 aliphatic heterocycles. The van der Waals surface area contributed by atoms with Crippen molar-refractivity contribution in [2.45, 2.75) is 64.4 Å². The van der Waals surface area contributed by atoms with Crippen LogP contribution in [0.15, 0.2) is 42.6 Å². The fraction of sp³-hybridized carbons (Fsp3) is 0.467. The average Bonchev–Trinajstić information content (AvgIpc) is 3.56. The van der Waals surface area contributed by atoms with Gasteiger partial charge >= 0.3 is 6.03 Å². The minimum absolute atomic E-state index is 0.0106. The summed E-state index contributed by atoms with van der Waals surface area (Å²) < 4.78 is 5.92. The molecule has 0 spiro atoms. The van der Waals surface area contributed by atoms with Crippen molar-refractivity contribution in [1.82, 2.24) is 15.2 Å². The minimum atomic E-state index is -1.27. The smallest absolute Gasteiger partial charge is 0.317 e. The van der Waals surface area contributed by atoms with Gasteiger partial charge in [-0.15, -0.1) is 11.3 Å². The molecule has 5 rings (SSSR count). The molecule has 2 aromatic carbocycles. The number of nitrogens with one attached hydrogen (secondary N) is 2. The van der Waals surface area contributed by atoms with E-state index in [1.54, 1.807) is 11.3 Å². The van der Waals surface area contributed by atoms with Crippen molar-refractivity contribution in [3.63, 3.8) is 0 Å². The highest BCUT2D eigenvalue weighted by Gasteiger charge is 2.30. The summed E-state index contributed by atoms with van der Waals surface area (Å²) in [6.45, 7) is 5.33. The van der Waals surface area contributed by atoms with Crippen molar-refractivity contribution in [3.8, 4) is 26.8 Å². The van der Waals surface area contributed by atoms with E-state index in [4.69, 9.17) is 9.72 Å². The van der Waals surface area contributed by atoms with Crippen molar-refractivity contribution in [2.75, 3.05) is 25.5 Å². The van der Waals surface area contributed by atoms with Crippen LogP contribution in [0, 0.1) is 5.92 Å². The molecule has 0 unspecified atom stereocenters. The lowest BCUT2D eigenvalue weighted by molar-refractivity contribution is -0.0600. The lowest BCUT2D eigenvalue weighted by Crippen LogP contribution is -2.45. The number of amides is 2. The number of piperidine rings is 1. The molecule has 1 atom stereocenters. The van der Waals surface area contributed by atoms with E-state index in [2.05, 4.69) is 41.0 Å². The zero-order valence-electron chi connectivity index (χ0n) is 22.8. The number of rotatable bonds is 8. The predicted octanol–water partition coefficient (Wildman–Crippen LogP) is 5.42. The Balaban J connectivity index is 1.28. The summed E-state index contributed by atoms with van der Waals surface area (Å²) in [6, 6.07) is 12.4. The molecule has 0 radical (unpaired) electrons. The van der Waals surface area contributed by atoms with Gasteiger partial charge in [-0.05, 0) is 80.3 Å². The second kappa shape index (κ2) is 11.9. The molecule has 0 saturated carbocycles. The van der Waals surface area contributed by atoms with E-state index in [0.717, 1.165) is 52.6 Å². The molecule has 2 heterocycles. The van der Waals surface area contributed by atoms with Crippen molar-refractivity contribution in [1.29, 1.82) is 0 Å². The summed E-state index contributed by atoms with van der Waals surface area (Å²) in [7, 11) is 1.90. The molecule has 2 amide bonds. The lowest BCUT2D eigenvalue weighted by atomic mass is 9.93. The van der Waals surface area contributed by atoms with Crippen LogP contribution in [-0.4, -0.2) is 58.7 Å². The van der Waals surface area contributed by atoms with Crippen LogP contribution in [0.5, 0.6) is 5.75 Å². The summed E-state index contributed by atoms with van der Waals surface area (Å²) in [4.78, 5) is 20.8. The normalized spacial score (nSPS) is 17.5. The summed E-state index contributed by atoms with van der Waals surface area (Å²) >= 11 is 1.68. The average molecular weight is 551 g/mol. The number of aliphatic hydroxyl groups excluding tert-OH is 1. The van der Waals surface area contributed by atoms with Crippen LogP contribution in [0.2, 0.25) is 0 Å². The summed E-state index contributed by atoms with van der Waals surface area (Å²) in [5.41, 5.74) is 5.63. The SMILES string of the molecule is CNc1cc(-c2ncc(-c3cccc4c3CC[C@@H]4NC(=O)N3CCC(CC(O)O)CC3)s2)ccc1OC(C)C. The zero-order valence-corrected chi connectivity index (χ0v) is 23.6. The number of thiazole rings is 1. The third-order valence-corrected chi connectivity index (χ3v) is 8.72. The van der Waals surface area contributed by atoms with Crippen LogP contribution in [0.25, 0.3) is 21.0 Å². The predicted molar refractivity (Wildman–Crippen MR) is 155 cm³/mol. The van der Waals surface area contributed by atoms with Gasteiger partial charge in [0.25, 0.3) is 0 Å². The minimum Gasteiger partial charge on any atom is -0.489 e. The molecule has 2 aliphatic rings. The Kier molecular flexibility index (Phi) is 8.40. The van der Waals surface area contributed by atoms with Crippen molar-refractivity contribution >= 4 is 23.1 Å². The second-order valence-electron chi connectivity index (χ2n) is 10.7. The van der Waals surface area contributed by atoms with Gasteiger partial charge in [0.2, 0.25) is 0 Å². The number of carbonyl (C=O) groups excluding carboxylic acids is 1. The summed E-state index contributed by atoms with van der Waals surface area (Å²) in [5, 5.41) is 25.9. The maximum absolute atomic E-state index is 13.0. The molecule has 208 valence electrons. The third kappa shape index (κ3) is 6.21. The topological polar surface area (TPSA) is 107 Å². The highest BCUT2D eigenvalue weighted by molar-refractivity contribution is 7.18. The van der Waals surface area contributed by atoms with Crippen LogP contribution in [0.3, 0.4) is 0 Å². The monoisotopic (exact) mass is 550 g/mol. The van der Waals surface area contributed by atoms with Crippen LogP contribution in [-0.2, 0) is 6.42 Å². The van der Waals surface area contributed by atoms with E-state index >= 15 is 0 Å². The van der Waals surface area contributed by atoms with Gasteiger partial charge in [0, 0.05) is 38.3 Å². The van der Waals surface area contributed by atoms with Gasteiger partial charge in [0.1, 0.15) is 10.8 Å². The Hall–Kier alpha value is -3.14. The van der Waals surface area contributed by atoms with E-state index in [1.165, 1.54) is 16.7 Å². The Morgan fingerprint density at radius 2 is 1.97 bits per heavy atom. The third-order valence-electron chi connectivity index (χ3n) is 7.64. The van der Waals surface area contributed by atoms with Crippen LogP contribution in [0.4, 0.5) is 10.5 Å². The number of carbonyl (C=O) groups is 1. The summed E-state index contributed by atoms with van der Waals surface area (Å²) in [6.07, 6.45) is 4.53. The molecule has 1 saturated heterocycles. The molecule has 8 nitrogen and oxygen atoms in total. The first-order chi connectivity index (χ1) is 18.8. The number of hydrogen-bond donors (Lipinski definition) is 4. The maximum atomic E-state index is 13.0. The van der Waals surface area contributed by atoms with E-state index in [9.17, 15) is 15.0 Å². The number of fused-ring (bicyclic) bond motifs is 1. The Morgan fingerprint density at radius 3 is 2.69 bits per heavy atom. The van der Waals surface area contributed by atoms with Gasteiger partial charge in [0.05, 0.1) is 22.7 Å². The first-order valence-corrected chi connectivity index (χ1v) is 14.6. The number of aromatic nitrogens is 1. The van der Waals surface area contributed by atoms with Gasteiger partial charge in [-0.3, -0.25) is 0 Å². The number of urea groups is 1. The fourth-order valence-electron chi connectivity index (χ4n) is 5.69. The van der Waals surface area contributed by atoms with Gasteiger partial charge < -0.3 is 30.5 Å². The number of likely N-dealkylation sites (tertiary alicyclic amines) is 1. The van der Waals surface area contributed by atoms with Crippen LogP contribution < -0.4 is 15.4 Å². The molecule has 4 N–H and O–H groups in total. The molecule has 9 heteroatoms. The van der Waals surface area contributed by atoms with Crippen LogP contribution in [0.1, 0.15) is 56.7 Å². The lowest BCUT2D eigenvalue weighted by Gasteiger charge is -2.33. The van der Waals surface area contributed by atoms with Crippen molar-refractivity contribution < 1.29 is 19.7 Å². The van der Waals surface area contributed by atoms with Crippen LogP contribution >= 0.6 is 11.3 Å². The van der Waals surface area contributed by atoms with E-state index < -0.39 is 6.29 Å². The molecular weight excluding hydrogens is 512 g/mol. The van der Waals surface area contributed by atoms with Gasteiger partial charge in [-0.25, -0.2) is 9.78 Å². The zero-order chi connectivity index (χ0) is 27.5. The number of anilines is 1. The number of ether oxygens (including phenoxy) is 1. The van der Waals surface area contributed by atoms with Crippen molar-refractivity contribution in [2.24, 2.45) is 5.92 Å². The second-order valence-corrected chi connectivity index (χ2v) is 11.7. The standard InChI is InChI=1S/C30H38N4O4S/c1-18(2)38-26-10-7-20(16-25(26)31-3)29-32-17-27(39-29)23-6-4-5-22-21(23)8-9-24(22)33-30(37)34-13-11-19(12-14-34)15-28(35)36/h4-7,10,16-19,24,28,31,35-36H,8-9,11-15H2,1-3H3,(H,33,37)/t24-/m0/s1. The molecule has 1 aliphatic carbocycles. The fourth-order valence-corrected chi connectivity index (χ4v) is 6.66. The molecular formula is C30H38N4O4S. The number of nitrogens with zero attached hydrogens (tertiary/aromatic N) is 2. The Morgan fingerprint density at radius 1 is 1.18 bits per heavy atom.